The van der Waals surface area contributed by atoms with Gasteiger partial charge in [-0.1, -0.05) is 38.5 Å². The van der Waals surface area contributed by atoms with Gasteiger partial charge in [0.05, 0.1) is 0 Å². The smallest absolute Gasteiger partial charge is 0.181 e. The fourth-order valence-electron chi connectivity index (χ4n) is 6.46. The second-order valence-corrected chi connectivity index (χ2v) is 8.85. The van der Waals surface area contributed by atoms with Crippen LogP contribution in [0, 0.1) is 28.6 Å². The Labute approximate surface area is 134 Å². The first kappa shape index (κ1) is 14.5. The number of hydrogen-bond donors (Lipinski definition) is 0. The third-order valence-corrected chi connectivity index (χ3v) is 7.62. The maximum Gasteiger partial charge on any atom is 0.181 e. The fourth-order valence-corrected chi connectivity index (χ4v) is 6.46. The number of allylic oxidation sites excluding steroid dienone is 5. The van der Waals surface area contributed by atoms with Crippen LogP contribution in [0.3, 0.4) is 0 Å². The molecule has 0 aromatic heterocycles. The van der Waals surface area contributed by atoms with Gasteiger partial charge in [-0.05, 0) is 79.4 Å². The van der Waals surface area contributed by atoms with Crippen LogP contribution in [0.5, 0.6) is 0 Å². The Morgan fingerprint density at radius 3 is 2.73 bits per heavy atom. The fraction of sp³-hybridized carbons (Fsp3) is 0.667. The molecule has 0 N–H and O–H groups in total. The molecule has 4 aliphatic carbocycles. The molecule has 0 amide bonds. The summed E-state index contributed by atoms with van der Waals surface area (Å²) in [6, 6.07) is 0. The van der Waals surface area contributed by atoms with Gasteiger partial charge in [0, 0.05) is 5.41 Å². The van der Waals surface area contributed by atoms with Crippen LogP contribution in [-0.4, -0.2) is 5.78 Å². The highest BCUT2D eigenvalue weighted by Crippen LogP contribution is 2.64. The minimum absolute atomic E-state index is 0.137. The van der Waals surface area contributed by atoms with Crippen LogP contribution < -0.4 is 0 Å². The van der Waals surface area contributed by atoms with Crippen molar-refractivity contribution in [2.24, 2.45) is 28.6 Å². The Balaban J connectivity index is 1.83. The normalized spacial score (nSPS) is 47.3. The lowest BCUT2D eigenvalue weighted by atomic mass is 9.48. The summed E-state index contributed by atoms with van der Waals surface area (Å²) >= 11 is 0. The Hall–Kier alpha value is -1.11. The van der Waals surface area contributed by atoms with E-state index in [1.165, 1.54) is 43.3 Å². The average molecular weight is 296 g/mol. The van der Waals surface area contributed by atoms with Crippen LogP contribution >= 0.6 is 0 Å². The van der Waals surface area contributed by atoms with Gasteiger partial charge in [0.2, 0.25) is 0 Å². The summed E-state index contributed by atoms with van der Waals surface area (Å²) < 4.78 is 0. The van der Waals surface area contributed by atoms with Crippen molar-refractivity contribution in [1.29, 1.82) is 0 Å². The number of fused-ring (bicyclic) bond motifs is 5. The predicted octanol–water partition coefficient (Wildman–Crippen LogP) is 5.24. The highest BCUT2D eigenvalue weighted by atomic mass is 16.1. The summed E-state index contributed by atoms with van der Waals surface area (Å²) in [5.41, 5.74) is 4.20. The minimum atomic E-state index is 0.137. The lowest BCUT2D eigenvalue weighted by Gasteiger charge is -2.56. The predicted molar refractivity (Wildman–Crippen MR) is 90.4 cm³/mol. The number of carbonyl (C=O) groups is 1. The Morgan fingerprint density at radius 2 is 1.95 bits per heavy atom. The third kappa shape index (κ3) is 1.74. The first-order chi connectivity index (χ1) is 10.3. The van der Waals surface area contributed by atoms with E-state index in [0.29, 0.717) is 17.3 Å². The standard InChI is InChI=1S/C21H28O/c1-13-10-15-16-6-5-8-20(16,3)9-7-17(15)21(4)12-14(2)19(22)11-18(13)21/h10-11,15-17H,2,5-9,12H2,1,3-4H3/t15-,16-,17-,20-,21+/m0/s1. The second kappa shape index (κ2) is 4.46. The van der Waals surface area contributed by atoms with Gasteiger partial charge in [-0.3, -0.25) is 4.79 Å². The molecular formula is C21H28O. The number of carbonyl (C=O) groups excluding carboxylic acids is 1. The summed E-state index contributed by atoms with van der Waals surface area (Å²) in [5.74, 6) is 2.42. The molecule has 0 aromatic rings. The van der Waals surface area contributed by atoms with Crippen LogP contribution in [0.1, 0.15) is 59.3 Å². The quantitative estimate of drug-likeness (QED) is 0.559. The number of hydrogen-bond acceptors (Lipinski definition) is 1. The average Bonchev–Trinajstić information content (AvgIpc) is 2.84. The molecule has 4 rings (SSSR count). The van der Waals surface area contributed by atoms with E-state index < -0.39 is 0 Å². The number of ketones is 1. The van der Waals surface area contributed by atoms with Crippen molar-refractivity contribution < 1.29 is 4.79 Å². The molecule has 0 unspecified atom stereocenters. The van der Waals surface area contributed by atoms with Gasteiger partial charge >= 0.3 is 0 Å². The lowest BCUT2D eigenvalue weighted by molar-refractivity contribution is -0.112. The van der Waals surface area contributed by atoms with E-state index in [2.05, 4.69) is 33.4 Å². The van der Waals surface area contributed by atoms with Crippen molar-refractivity contribution in [3.63, 3.8) is 0 Å². The summed E-state index contributed by atoms with van der Waals surface area (Å²) in [7, 11) is 0. The molecule has 0 radical (unpaired) electrons. The van der Waals surface area contributed by atoms with Gasteiger partial charge in [0.15, 0.2) is 5.78 Å². The maximum atomic E-state index is 12.1. The van der Waals surface area contributed by atoms with Gasteiger partial charge < -0.3 is 0 Å². The van der Waals surface area contributed by atoms with Crippen molar-refractivity contribution in [2.45, 2.75) is 59.3 Å². The van der Waals surface area contributed by atoms with Gasteiger partial charge in [0.25, 0.3) is 0 Å². The van der Waals surface area contributed by atoms with E-state index >= 15 is 0 Å². The van der Waals surface area contributed by atoms with Crippen LogP contribution in [0.4, 0.5) is 0 Å². The minimum Gasteiger partial charge on any atom is -0.290 e. The highest BCUT2D eigenvalue weighted by Gasteiger charge is 2.56. The molecule has 2 fully saturated rings. The molecule has 5 atom stereocenters. The third-order valence-electron chi connectivity index (χ3n) is 7.62. The van der Waals surface area contributed by atoms with E-state index in [1.807, 2.05) is 6.08 Å². The van der Waals surface area contributed by atoms with E-state index in [1.54, 1.807) is 0 Å². The maximum absolute atomic E-state index is 12.1. The Morgan fingerprint density at radius 1 is 1.18 bits per heavy atom. The molecule has 0 saturated heterocycles. The van der Waals surface area contributed by atoms with Gasteiger partial charge in [-0.25, -0.2) is 0 Å². The molecule has 2 saturated carbocycles. The van der Waals surface area contributed by atoms with E-state index in [0.717, 1.165) is 17.9 Å². The van der Waals surface area contributed by atoms with Crippen molar-refractivity contribution in [1.82, 2.24) is 0 Å². The topological polar surface area (TPSA) is 17.1 Å². The lowest BCUT2D eigenvalue weighted by Crippen LogP contribution is -2.48. The monoisotopic (exact) mass is 296 g/mol. The summed E-state index contributed by atoms with van der Waals surface area (Å²) in [6.45, 7) is 11.2. The summed E-state index contributed by atoms with van der Waals surface area (Å²) in [5, 5.41) is 0. The van der Waals surface area contributed by atoms with Gasteiger partial charge in [0.1, 0.15) is 0 Å². The van der Waals surface area contributed by atoms with Crippen LogP contribution in [0.25, 0.3) is 0 Å². The molecule has 0 aromatic carbocycles. The van der Waals surface area contributed by atoms with Crippen molar-refractivity contribution in [3.8, 4) is 0 Å². The van der Waals surface area contributed by atoms with Gasteiger partial charge in [-0.2, -0.15) is 0 Å². The molecule has 118 valence electrons. The summed E-state index contributed by atoms with van der Waals surface area (Å²) in [4.78, 5) is 12.1. The molecule has 0 spiro atoms. The van der Waals surface area contributed by atoms with E-state index in [9.17, 15) is 4.79 Å². The van der Waals surface area contributed by atoms with Crippen LogP contribution in [-0.2, 0) is 4.79 Å². The Kier molecular flexibility index (Phi) is 2.94. The van der Waals surface area contributed by atoms with Crippen LogP contribution in [0.15, 0.2) is 35.5 Å². The Bertz CT molecular complexity index is 622. The van der Waals surface area contributed by atoms with Gasteiger partial charge in [-0.15, -0.1) is 0 Å². The van der Waals surface area contributed by atoms with Crippen LogP contribution in [0.2, 0.25) is 0 Å². The number of rotatable bonds is 0. The molecule has 1 nitrogen and oxygen atoms in total. The summed E-state index contributed by atoms with van der Waals surface area (Å²) in [6.07, 6.45) is 12.2. The zero-order valence-electron chi connectivity index (χ0n) is 14.2. The van der Waals surface area contributed by atoms with E-state index in [-0.39, 0.29) is 11.2 Å². The molecule has 1 heteroatoms. The SMILES string of the molecule is C=C1C[C@@]2(C)C(=CC1=O)C(C)=C[C@H]1[C@@H]3CCC[C@@]3(C)CC[C@@H]12. The van der Waals surface area contributed by atoms with Crippen molar-refractivity contribution in [3.05, 3.63) is 35.5 Å². The molecule has 0 heterocycles. The molecular weight excluding hydrogens is 268 g/mol. The molecule has 0 aliphatic heterocycles. The molecule has 4 aliphatic rings. The van der Waals surface area contributed by atoms with E-state index in [4.69, 9.17) is 0 Å². The highest BCUT2D eigenvalue weighted by molar-refractivity contribution is 6.05. The van der Waals surface area contributed by atoms with Crippen molar-refractivity contribution in [2.75, 3.05) is 0 Å². The zero-order valence-corrected chi connectivity index (χ0v) is 14.2. The van der Waals surface area contributed by atoms with Crippen molar-refractivity contribution >= 4 is 5.78 Å². The zero-order chi connectivity index (χ0) is 15.7. The first-order valence-electron chi connectivity index (χ1n) is 8.98. The molecule has 22 heavy (non-hydrogen) atoms. The molecule has 0 bridgehead atoms. The second-order valence-electron chi connectivity index (χ2n) is 8.85. The largest absolute Gasteiger partial charge is 0.290 e. The first-order valence-corrected chi connectivity index (χ1v) is 8.98.